The van der Waals surface area contributed by atoms with E-state index >= 15 is 0 Å². The number of hydrogen-bond donors (Lipinski definition) is 0. The van der Waals surface area contributed by atoms with Crippen LogP contribution in [0.3, 0.4) is 0 Å². The number of rotatable bonds is 0. The number of fused-ring (bicyclic) bond motifs is 7. The fraction of sp³-hybridized carbons (Fsp3) is 0.810. The molecule has 7 unspecified atom stereocenters. The molecule has 5 rings (SSSR count). The summed E-state index contributed by atoms with van der Waals surface area (Å²) in [5.41, 5.74) is 3.05. The molecule has 5 aliphatic rings. The molecule has 122 valence electrons. The molecule has 22 heavy (non-hydrogen) atoms. The summed E-state index contributed by atoms with van der Waals surface area (Å²) in [6, 6.07) is 0. The maximum absolute atomic E-state index is 4.47. The summed E-state index contributed by atoms with van der Waals surface area (Å²) in [5.74, 6) is 4.54. The van der Waals surface area contributed by atoms with Gasteiger partial charge in [0.05, 0.1) is 0 Å². The summed E-state index contributed by atoms with van der Waals surface area (Å²) in [4.78, 5) is 1.68. The summed E-state index contributed by atoms with van der Waals surface area (Å²) >= 11 is 0. The highest BCUT2D eigenvalue weighted by Gasteiger charge is 2.71. The Balaban J connectivity index is 1.53. The fourth-order valence-electron chi connectivity index (χ4n) is 7.67. The van der Waals surface area contributed by atoms with E-state index in [0.717, 1.165) is 23.0 Å². The van der Waals surface area contributed by atoms with Gasteiger partial charge in [0.15, 0.2) is 0 Å². The van der Waals surface area contributed by atoms with Crippen molar-refractivity contribution in [2.24, 2.45) is 28.6 Å². The quantitative estimate of drug-likeness (QED) is 0.386. The van der Waals surface area contributed by atoms with Gasteiger partial charge in [-0.05, 0) is 84.0 Å². The Morgan fingerprint density at radius 3 is 2.82 bits per heavy atom. The van der Waals surface area contributed by atoms with Crippen LogP contribution in [0.15, 0.2) is 23.1 Å². The average molecular weight is 317 g/mol. The van der Waals surface area contributed by atoms with Crippen molar-refractivity contribution in [2.45, 2.75) is 64.0 Å². The first-order valence-corrected chi connectivity index (χ1v) is 11.8. The average Bonchev–Trinajstić information content (AvgIpc) is 2.91. The minimum atomic E-state index is -0.414. The third-order valence-corrected chi connectivity index (χ3v) is 13.0. The van der Waals surface area contributed by atoms with Gasteiger partial charge in [0.2, 0.25) is 0 Å². The van der Waals surface area contributed by atoms with Crippen LogP contribution in [0.2, 0.25) is 0 Å². The van der Waals surface area contributed by atoms with Crippen LogP contribution in [-0.4, -0.2) is 17.3 Å². The van der Waals surface area contributed by atoms with Crippen molar-refractivity contribution >= 4 is 10.0 Å². The molecule has 0 amide bonds. The van der Waals surface area contributed by atoms with Gasteiger partial charge in [0.1, 0.15) is 0 Å². The molecule has 2 saturated carbocycles. The van der Waals surface area contributed by atoms with E-state index in [1.165, 1.54) is 50.7 Å². The monoisotopic (exact) mass is 316 g/mol. The maximum atomic E-state index is 4.47. The number of allylic oxidation sites excluding steroid dienone is 2. The standard InChI is InChI=1S/C21H32S/c1-14-19-21(3)12-10-17-16(18(21)13-22(14,19)4)9-8-15-7-5-6-11-20(15,17)2/h8,16-19H,1,5-7,9-13H2,2-4H3. The van der Waals surface area contributed by atoms with Gasteiger partial charge >= 0.3 is 0 Å². The van der Waals surface area contributed by atoms with Crippen LogP contribution in [0.1, 0.15) is 58.8 Å². The fourth-order valence-corrected chi connectivity index (χ4v) is 12.6. The Bertz CT molecular complexity index is 589. The lowest BCUT2D eigenvalue weighted by Gasteiger charge is -2.57. The molecule has 0 N–H and O–H groups in total. The van der Waals surface area contributed by atoms with Crippen LogP contribution < -0.4 is 0 Å². The first-order chi connectivity index (χ1) is 10.4. The molecule has 0 radical (unpaired) electrons. The van der Waals surface area contributed by atoms with E-state index in [1.54, 1.807) is 4.91 Å². The van der Waals surface area contributed by atoms with Gasteiger partial charge in [-0.15, -0.1) is 0 Å². The molecule has 2 heterocycles. The highest BCUT2D eigenvalue weighted by atomic mass is 32.3. The van der Waals surface area contributed by atoms with Crippen LogP contribution in [0, 0.1) is 28.6 Å². The normalized spacial score (nSPS) is 62.0. The summed E-state index contributed by atoms with van der Waals surface area (Å²) in [6.07, 6.45) is 15.5. The molecule has 2 aliphatic heterocycles. The highest BCUT2D eigenvalue weighted by Crippen LogP contribution is 2.89. The molecule has 3 aliphatic carbocycles. The van der Waals surface area contributed by atoms with Crippen molar-refractivity contribution in [3.8, 4) is 0 Å². The third kappa shape index (κ3) is 1.44. The molecular weight excluding hydrogens is 284 g/mol. The molecular formula is C21H32S. The zero-order valence-corrected chi connectivity index (χ0v) is 15.5. The molecule has 0 aromatic heterocycles. The minimum Gasteiger partial charge on any atom is -0.212 e. The smallest absolute Gasteiger partial charge is 0.0269 e. The molecule has 1 heteroatoms. The van der Waals surface area contributed by atoms with Crippen molar-refractivity contribution in [3.05, 3.63) is 23.1 Å². The number of hydrogen-bond acceptors (Lipinski definition) is 0. The van der Waals surface area contributed by atoms with Crippen molar-refractivity contribution < 1.29 is 0 Å². The predicted molar refractivity (Wildman–Crippen MR) is 98.4 cm³/mol. The summed E-state index contributed by atoms with van der Waals surface area (Å²) in [7, 11) is -0.414. The van der Waals surface area contributed by atoms with E-state index in [-0.39, 0.29) is 0 Å². The topological polar surface area (TPSA) is 0 Å². The molecule has 0 aromatic carbocycles. The van der Waals surface area contributed by atoms with E-state index in [9.17, 15) is 0 Å². The van der Waals surface area contributed by atoms with E-state index < -0.39 is 10.0 Å². The van der Waals surface area contributed by atoms with E-state index in [2.05, 4.69) is 32.8 Å². The predicted octanol–water partition coefficient (Wildman–Crippen LogP) is 5.89. The van der Waals surface area contributed by atoms with Gasteiger partial charge in [-0.1, -0.05) is 38.5 Å². The largest absolute Gasteiger partial charge is 0.212 e. The summed E-state index contributed by atoms with van der Waals surface area (Å²) in [6.45, 7) is 9.76. The molecule has 7 atom stereocenters. The first kappa shape index (κ1) is 14.2. The minimum absolute atomic E-state index is 0.414. The lowest BCUT2D eigenvalue weighted by molar-refractivity contribution is -0.0217. The third-order valence-electron chi connectivity index (χ3n) is 8.93. The van der Waals surface area contributed by atoms with Crippen molar-refractivity contribution in [2.75, 3.05) is 12.0 Å². The van der Waals surface area contributed by atoms with Crippen LogP contribution in [0.5, 0.6) is 0 Å². The van der Waals surface area contributed by atoms with Crippen molar-refractivity contribution in [1.82, 2.24) is 0 Å². The Hall–Kier alpha value is -0.170. The molecule has 4 fully saturated rings. The SMILES string of the molecule is C=C1C2C3(C)CCC4C(CC=C5CCCCC54C)C3CS12C. The second-order valence-corrected chi connectivity index (χ2v) is 13.3. The Morgan fingerprint density at radius 1 is 1.18 bits per heavy atom. The summed E-state index contributed by atoms with van der Waals surface area (Å²) < 4.78 is 0. The van der Waals surface area contributed by atoms with Crippen LogP contribution in [0.25, 0.3) is 0 Å². The van der Waals surface area contributed by atoms with Gasteiger partial charge in [-0.2, -0.15) is 0 Å². The van der Waals surface area contributed by atoms with Gasteiger partial charge < -0.3 is 0 Å². The van der Waals surface area contributed by atoms with Gasteiger partial charge in [-0.3, -0.25) is 0 Å². The van der Waals surface area contributed by atoms with Gasteiger partial charge in [0, 0.05) is 5.25 Å². The Morgan fingerprint density at radius 2 is 2.00 bits per heavy atom. The van der Waals surface area contributed by atoms with Crippen LogP contribution in [-0.2, 0) is 0 Å². The second-order valence-electron chi connectivity index (χ2n) is 9.68. The van der Waals surface area contributed by atoms with Crippen molar-refractivity contribution in [1.29, 1.82) is 0 Å². The van der Waals surface area contributed by atoms with E-state index in [1.807, 2.05) is 5.57 Å². The van der Waals surface area contributed by atoms with Crippen molar-refractivity contribution in [3.63, 3.8) is 0 Å². The zero-order chi connectivity index (χ0) is 15.3. The molecule has 0 bridgehead atoms. The molecule has 0 nitrogen and oxygen atoms in total. The lowest BCUT2D eigenvalue weighted by atomic mass is 9.47. The van der Waals surface area contributed by atoms with Gasteiger partial charge in [-0.25, -0.2) is 10.0 Å². The second kappa shape index (κ2) is 4.08. The molecule has 0 aromatic rings. The van der Waals surface area contributed by atoms with Gasteiger partial charge in [0.25, 0.3) is 0 Å². The lowest BCUT2D eigenvalue weighted by Crippen LogP contribution is -2.50. The maximum Gasteiger partial charge on any atom is 0.0269 e. The Kier molecular flexibility index (Phi) is 2.63. The highest BCUT2D eigenvalue weighted by molar-refractivity contribution is 8.43. The summed E-state index contributed by atoms with van der Waals surface area (Å²) in [5, 5.41) is 0.940. The zero-order valence-electron chi connectivity index (χ0n) is 14.7. The molecule has 2 saturated heterocycles. The molecule has 0 spiro atoms. The Labute approximate surface area is 138 Å². The van der Waals surface area contributed by atoms with E-state index in [0.29, 0.717) is 10.8 Å². The first-order valence-electron chi connectivity index (χ1n) is 9.54. The van der Waals surface area contributed by atoms with Crippen LogP contribution >= 0.6 is 10.0 Å². The van der Waals surface area contributed by atoms with Crippen LogP contribution in [0.4, 0.5) is 0 Å². The van der Waals surface area contributed by atoms with E-state index in [4.69, 9.17) is 0 Å².